The molecule has 1 aliphatic carbocycles. The van der Waals surface area contributed by atoms with Gasteiger partial charge in [-0.2, -0.15) is 0 Å². The topological polar surface area (TPSA) is 78.1 Å². The number of hydrogen-bond donors (Lipinski definition) is 3. The van der Waals surface area contributed by atoms with Gasteiger partial charge in [-0.25, -0.2) is 0 Å². The Bertz CT molecular complexity index is 1010. The molecule has 157 valence electrons. The van der Waals surface area contributed by atoms with Gasteiger partial charge in [-0.15, -0.1) is 0 Å². The lowest BCUT2D eigenvalue weighted by molar-refractivity contribution is 0.687. The average Bonchev–Trinajstić information content (AvgIpc) is 3.26. The third-order valence-corrected chi connectivity index (χ3v) is 6.13. The lowest BCUT2D eigenvalue weighted by Gasteiger charge is -2.40. The normalized spacial score (nSPS) is 14.1. The fourth-order valence-electron chi connectivity index (χ4n) is 4.59. The van der Waals surface area contributed by atoms with Crippen molar-refractivity contribution in [2.75, 3.05) is 0 Å². The van der Waals surface area contributed by atoms with Crippen LogP contribution >= 0.6 is 0 Å². The molecule has 3 aromatic carbocycles. The van der Waals surface area contributed by atoms with E-state index >= 15 is 0 Å². The Labute approximate surface area is 185 Å². The van der Waals surface area contributed by atoms with Gasteiger partial charge < -0.3 is 17.2 Å². The van der Waals surface area contributed by atoms with Crippen LogP contribution in [0, 0.1) is 5.92 Å². The van der Waals surface area contributed by atoms with Gasteiger partial charge in [0, 0.05) is 25.6 Å². The number of rotatable bonds is 7. The van der Waals surface area contributed by atoms with Crippen molar-refractivity contribution in [2.24, 2.45) is 17.2 Å². The molecule has 1 aliphatic rings. The molecule has 31 heavy (non-hydrogen) atoms. The van der Waals surface area contributed by atoms with Gasteiger partial charge in [-0.1, -0.05) is 96.6 Å². The van der Waals surface area contributed by atoms with E-state index in [1.165, 1.54) is 28.2 Å². The first-order chi connectivity index (χ1) is 15.1. The van der Waals surface area contributed by atoms with Crippen molar-refractivity contribution in [2.45, 2.75) is 32.0 Å². The number of hydrogen-bond acceptors (Lipinski definition) is 3. The molecule has 0 spiro atoms. The van der Waals surface area contributed by atoms with Gasteiger partial charge in [0.15, 0.2) is 0 Å². The van der Waals surface area contributed by atoms with Crippen LogP contribution in [0.2, 0.25) is 0 Å². The Kier molecular flexibility index (Phi) is 6.19. The quantitative estimate of drug-likeness (QED) is 0.504. The number of nitrogens with two attached hydrogens (primary N) is 3. The highest BCUT2D eigenvalue weighted by Crippen LogP contribution is 2.50. The SMILES string of the molecule is CC1=C[C](C(c2cccc(CN)c2)(c2cccc(CN)c2)c2cccc(CN)c2)C=C1. The van der Waals surface area contributed by atoms with Gasteiger partial charge in [0.25, 0.3) is 0 Å². The maximum atomic E-state index is 6.04. The molecule has 1 radical (unpaired) electrons. The van der Waals surface area contributed by atoms with Crippen molar-refractivity contribution < 1.29 is 0 Å². The molecule has 0 unspecified atom stereocenters. The molecule has 3 nitrogen and oxygen atoms in total. The van der Waals surface area contributed by atoms with E-state index in [9.17, 15) is 0 Å². The van der Waals surface area contributed by atoms with E-state index in [1.54, 1.807) is 0 Å². The minimum absolute atomic E-state index is 0.496. The van der Waals surface area contributed by atoms with Gasteiger partial charge >= 0.3 is 0 Å². The number of allylic oxidation sites excluding steroid dienone is 4. The molecule has 0 saturated heterocycles. The molecule has 0 aromatic heterocycles. The lowest BCUT2D eigenvalue weighted by Crippen LogP contribution is -2.35. The minimum Gasteiger partial charge on any atom is -0.326 e. The van der Waals surface area contributed by atoms with Gasteiger partial charge in [0.05, 0.1) is 5.41 Å². The summed E-state index contributed by atoms with van der Waals surface area (Å²) in [6, 6.07) is 25.8. The summed E-state index contributed by atoms with van der Waals surface area (Å²) in [5, 5.41) is 0. The predicted molar refractivity (Wildman–Crippen MR) is 129 cm³/mol. The molecular weight excluding hydrogens is 378 g/mol. The third kappa shape index (κ3) is 3.88. The van der Waals surface area contributed by atoms with Crippen LogP contribution in [-0.4, -0.2) is 0 Å². The summed E-state index contributed by atoms with van der Waals surface area (Å²) in [6.07, 6.45) is 6.69. The molecule has 0 heterocycles. The molecule has 0 saturated carbocycles. The van der Waals surface area contributed by atoms with E-state index in [-0.39, 0.29) is 0 Å². The zero-order chi connectivity index (χ0) is 21.8. The molecule has 6 N–H and O–H groups in total. The zero-order valence-corrected chi connectivity index (χ0v) is 18.0. The predicted octanol–water partition coefficient (Wildman–Crippen LogP) is 4.49. The number of benzene rings is 3. The van der Waals surface area contributed by atoms with Gasteiger partial charge in [-0.05, 0) is 40.3 Å². The average molecular weight is 409 g/mol. The van der Waals surface area contributed by atoms with Gasteiger partial charge in [0.2, 0.25) is 0 Å². The van der Waals surface area contributed by atoms with E-state index in [0.717, 1.165) is 16.7 Å². The molecule has 0 amide bonds. The summed E-state index contributed by atoms with van der Waals surface area (Å²) in [4.78, 5) is 0. The van der Waals surface area contributed by atoms with E-state index in [0.29, 0.717) is 19.6 Å². The second-order valence-electron chi connectivity index (χ2n) is 8.14. The van der Waals surface area contributed by atoms with Crippen molar-refractivity contribution in [3.05, 3.63) is 136 Å². The van der Waals surface area contributed by atoms with Crippen LogP contribution in [0.5, 0.6) is 0 Å². The highest BCUT2D eigenvalue weighted by atomic mass is 14.5. The maximum Gasteiger partial charge on any atom is 0.0589 e. The van der Waals surface area contributed by atoms with Crippen LogP contribution < -0.4 is 17.2 Å². The molecule has 3 aromatic rings. The summed E-state index contributed by atoms with van der Waals surface area (Å²) in [5.41, 5.74) is 25.7. The van der Waals surface area contributed by atoms with Gasteiger partial charge in [-0.3, -0.25) is 0 Å². The van der Waals surface area contributed by atoms with Crippen molar-refractivity contribution in [3.8, 4) is 0 Å². The van der Waals surface area contributed by atoms with Crippen molar-refractivity contribution >= 4 is 0 Å². The van der Waals surface area contributed by atoms with Crippen LogP contribution in [0.1, 0.15) is 40.3 Å². The van der Waals surface area contributed by atoms with Gasteiger partial charge in [0.1, 0.15) is 0 Å². The Morgan fingerprint density at radius 1 is 0.613 bits per heavy atom. The molecule has 0 bridgehead atoms. The van der Waals surface area contributed by atoms with Crippen molar-refractivity contribution in [3.63, 3.8) is 0 Å². The summed E-state index contributed by atoms with van der Waals surface area (Å²) >= 11 is 0. The van der Waals surface area contributed by atoms with E-state index in [1.807, 2.05) is 0 Å². The van der Waals surface area contributed by atoms with E-state index in [4.69, 9.17) is 17.2 Å². The molecule has 4 rings (SSSR count). The third-order valence-electron chi connectivity index (χ3n) is 6.13. The molecule has 3 heteroatoms. The Morgan fingerprint density at radius 3 is 1.35 bits per heavy atom. The fraction of sp³-hybridized carbons (Fsp3) is 0.179. The standard InChI is InChI=1S/C28H30N3/c1-20-11-12-27(13-20)28(24-8-2-5-21(14-24)17-29,25-9-3-6-22(15-25)18-30)26-10-4-7-23(16-26)19-31/h2-16H,17-19,29-31H2,1H3. The highest BCUT2D eigenvalue weighted by molar-refractivity contribution is 5.65. The van der Waals surface area contributed by atoms with Crippen molar-refractivity contribution in [1.29, 1.82) is 0 Å². The van der Waals surface area contributed by atoms with Crippen molar-refractivity contribution in [1.82, 2.24) is 0 Å². The van der Waals surface area contributed by atoms with Crippen LogP contribution in [0.4, 0.5) is 0 Å². The Hall–Kier alpha value is -2.98. The zero-order valence-electron chi connectivity index (χ0n) is 18.0. The smallest absolute Gasteiger partial charge is 0.0589 e. The molecular formula is C28H30N3. The fourth-order valence-corrected chi connectivity index (χ4v) is 4.59. The Morgan fingerprint density at radius 2 is 1.03 bits per heavy atom. The first kappa shape index (κ1) is 21.3. The largest absolute Gasteiger partial charge is 0.326 e. The molecule has 0 fully saturated rings. The summed E-state index contributed by atoms with van der Waals surface area (Å²) in [5.74, 6) is 1.22. The second-order valence-corrected chi connectivity index (χ2v) is 8.14. The summed E-state index contributed by atoms with van der Waals surface area (Å²) in [6.45, 7) is 3.62. The first-order valence-electron chi connectivity index (χ1n) is 10.7. The van der Waals surface area contributed by atoms with E-state index < -0.39 is 5.41 Å². The summed E-state index contributed by atoms with van der Waals surface area (Å²) < 4.78 is 0. The van der Waals surface area contributed by atoms with Crippen LogP contribution in [0.15, 0.2) is 96.6 Å². The molecule has 0 atom stereocenters. The monoisotopic (exact) mass is 408 g/mol. The summed E-state index contributed by atoms with van der Waals surface area (Å²) in [7, 11) is 0. The van der Waals surface area contributed by atoms with E-state index in [2.05, 4.69) is 97.9 Å². The highest BCUT2D eigenvalue weighted by Gasteiger charge is 2.43. The first-order valence-corrected chi connectivity index (χ1v) is 10.7. The lowest BCUT2D eigenvalue weighted by atomic mass is 9.61. The second kappa shape index (κ2) is 9.03. The Balaban J connectivity index is 2.11. The molecule has 0 aliphatic heterocycles. The van der Waals surface area contributed by atoms with Crippen LogP contribution in [-0.2, 0) is 25.0 Å². The minimum atomic E-state index is -0.504. The van der Waals surface area contributed by atoms with Crippen LogP contribution in [0.3, 0.4) is 0 Å². The maximum absolute atomic E-state index is 6.04. The van der Waals surface area contributed by atoms with Crippen LogP contribution in [0.25, 0.3) is 0 Å².